The van der Waals surface area contributed by atoms with Crippen molar-refractivity contribution in [2.24, 2.45) is 0 Å². The number of benzene rings is 2. The van der Waals surface area contributed by atoms with Gasteiger partial charge in [-0.2, -0.15) is 0 Å². The molecule has 0 atom stereocenters. The molecule has 0 bridgehead atoms. The highest BCUT2D eigenvalue weighted by molar-refractivity contribution is 6.39. The number of urea groups is 1. The molecule has 154 valence electrons. The van der Waals surface area contributed by atoms with Crippen molar-refractivity contribution in [1.29, 1.82) is 0 Å². The normalized spacial score (nSPS) is 15.3. The zero-order valence-corrected chi connectivity index (χ0v) is 16.3. The first kappa shape index (κ1) is 20.0. The fourth-order valence-electron chi connectivity index (χ4n) is 2.96. The Kier molecular flexibility index (Phi) is 5.10. The van der Waals surface area contributed by atoms with Crippen LogP contribution in [-0.2, 0) is 9.59 Å². The largest absolute Gasteiger partial charge is 0.457 e. The van der Waals surface area contributed by atoms with Crippen molar-refractivity contribution < 1.29 is 23.7 Å². The highest BCUT2D eigenvalue weighted by atomic mass is 35.5. The van der Waals surface area contributed by atoms with Crippen molar-refractivity contribution in [1.82, 2.24) is 5.32 Å². The quantitative estimate of drug-likeness (QED) is 0.283. The number of furan rings is 1. The molecule has 1 aliphatic heterocycles. The molecule has 1 aliphatic rings. The van der Waals surface area contributed by atoms with Gasteiger partial charge in [-0.05, 0) is 54.6 Å². The molecule has 0 radical (unpaired) electrons. The first-order valence-electron chi connectivity index (χ1n) is 8.85. The fraction of sp³-hybridized carbons (Fsp3) is 0. The smallest absolute Gasteiger partial charge is 0.335 e. The molecule has 2 aromatic carbocycles. The Morgan fingerprint density at radius 3 is 2.29 bits per heavy atom. The highest BCUT2D eigenvalue weighted by Gasteiger charge is 2.37. The van der Waals surface area contributed by atoms with Crippen LogP contribution < -0.4 is 10.2 Å². The van der Waals surface area contributed by atoms with E-state index in [2.05, 4.69) is 5.32 Å². The van der Waals surface area contributed by atoms with Crippen molar-refractivity contribution in [2.45, 2.75) is 0 Å². The molecule has 10 heteroatoms. The lowest BCUT2D eigenvalue weighted by Crippen LogP contribution is -2.54. The predicted molar refractivity (Wildman–Crippen MR) is 111 cm³/mol. The molecular formula is C21H12ClN3O6. The Bertz CT molecular complexity index is 1240. The monoisotopic (exact) mass is 437 g/mol. The summed E-state index contributed by atoms with van der Waals surface area (Å²) in [5.41, 5.74) is 0.470. The van der Waals surface area contributed by atoms with Crippen molar-refractivity contribution in [3.63, 3.8) is 0 Å². The zero-order chi connectivity index (χ0) is 22.1. The third-order valence-electron chi connectivity index (χ3n) is 4.46. The summed E-state index contributed by atoms with van der Waals surface area (Å²) in [6, 6.07) is 14.0. The number of nitrogens with one attached hydrogen (secondary N) is 1. The van der Waals surface area contributed by atoms with Crippen LogP contribution in [0.4, 0.5) is 16.2 Å². The number of hydrogen-bond donors (Lipinski definition) is 1. The van der Waals surface area contributed by atoms with Crippen molar-refractivity contribution in [3.05, 3.63) is 87.1 Å². The van der Waals surface area contributed by atoms with E-state index in [1.807, 2.05) is 0 Å². The lowest BCUT2D eigenvalue weighted by Gasteiger charge is -2.26. The van der Waals surface area contributed by atoms with E-state index in [0.29, 0.717) is 16.3 Å². The molecule has 0 spiro atoms. The molecule has 1 saturated heterocycles. The number of hydrogen-bond acceptors (Lipinski definition) is 6. The molecule has 0 aliphatic carbocycles. The fourth-order valence-corrected chi connectivity index (χ4v) is 3.08. The van der Waals surface area contributed by atoms with E-state index >= 15 is 0 Å². The summed E-state index contributed by atoms with van der Waals surface area (Å²) >= 11 is 5.84. The first-order chi connectivity index (χ1) is 14.8. The van der Waals surface area contributed by atoms with E-state index in [1.165, 1.54) is 60.7 Å². The summed E-state index contributed by atoms with van der Waals surface area (Å²) in [6.45, 7) is 0. The van der Waals surface area contributed by atoms with Gasteiger partial charge in [0, 0.05) is 22.7 Å². The summed E-state index contributed by atoms with van der Waals surface area (Å²) in [7, 11) is 0. The summed E-state index contributed by atoms with van der Waals surface area (Å²) in [6.07, 6.45) is 1.22. The van der Waals surface area contributed by atoms with Gasteiger partial charge >= 0.3 is 6.03 Å². The third kappa shape index (κ3) is 3.94. The first-order valence-corrected chi connectivity index (χ1v) is 9.23. The van der Waals surface area contributed by atoms with Crippen LogP contribution in [0.2, 0.25) is 5.02 Å². The van der Waals surface area contributed by atoms with Crippen LogP contribution in [0, 0.1) is 10.1 Å². The van der Waals surface area contributed by atoms with E-state index in [-0.39, 0.29) is 22.7 Å². The Morgan fingerprint density at radius 2 is 1.65 bits per heavy atom. The number of carbonyl (C=O) groups excluding carboxylic acids is 3. The van der Waals surface area contributed by atoms with Crippen molar-refractivity contribution >= 4 is 46.9 Å². The van der Waals surface area contributed by atoms with Gasteiger partial charge in [0.05, 0.1) is 10.6 Å². The van der Waals surface area contributed by atoms with Crippen LogP contribution in [0.3, 0.4) is 0 Å². The Balaban J connectivity index is 1.63. The second-order valence-corrected chi connectivity index (χ2v) is 6.88. The van der Waals surface area contributed by atoms with E-state index in [0.717, 1.165) is 4.90 Å². The Labute approximate surface area is 179 Å². The lowest BCUT2D eigenvalue weighted by atomic mass is 10.1. The standard InChI is InChI=1S/C21H12ClN3O6/c22-13-3-7-14(8-4-13)24-20(27)17(19(26)23-21(24)28)11-16-9-10-18(31-16)12-1-5-15(6-2-12)25(29)30/h1-11H,(H,23,26,28). The number of carbonyl (C=O) groups is 3. The molecule has 31 heavy (non-hydrogen) atoms. The van der Waals surface area contributed by atoms with Crippen LogP contribution in [0.1, 0.15) is 5.76 Å². The van der Waals surface area contributed by atoms with E-state index < -0.39 is 22.8 Å². The molecule has 2 heterocycles. The lowest BCUT2D eigenvalue weighted by molar-refractivity contribution is -0.384. The number of halogens is 1. The number of non-ortho nitro benzene ring substituents is 1. The molecule has 0 unspecified atom stereocenters. The number of anilines is 1. The van der Waals surface area contributed by atoms with E-state index in [9.17, 15) is 24.5 Å². The van der Waals surface area contributed by atoms with Gasteiger partial charge in [-0.25, -0.2) is 9.69 Å². The number of amides is 4. The van der Waals surface area contributed by atoms with Gasteiger partial charge in [-0.3, -0.25) is 25.0 Å². The van der Waals surface area contributed by atoms with Gasteiger partial charge in [0.2, 0.25) is 0 Å². The molecule has 0 saturated carbocycles. The molecular weight excluding hydrogens is 426 g/mol. The summed E-state index contributed by atoms with van der Waals surface area (Å²) in [5, 5.41) is 13.3. The maximum Gasteiger partial charge on any atom is 0.335 e. The van der Waals surface area contributed by atoms with Gasteiger partial charge in [-0.1, -0.05) is 11.6 Å². The zero-order valence-electron chi connectivity index (χ0n) is 15.6. The number of imide groups is 2. The van der Waals surface area contributed by atoms with Crippen LogP contribution in [0.5, 0.6) is 0 Å². The molecule has 3 aromatic rings. The van der Waals surface area contributed by atoms with E-state index in [4.69, 9.17) is 16.0 Å². The van der Waals surface area contributed by atoms with Crippen LogP contribution in [-0.4, -0.2) is 22.8 Å². The van der Waals surface area contributed by atoms with Gasteiger partial charge in [-0.15, -0.1) is 0 Å². The average Bonchev–Trinajstić information content (AvgIpc) is 3.21. The number of rotatable bonds is 4. The Hall–Kier alpha value is -4.24. The van der Waals surface area contributed by atoms with E-state index in [1.54, 1.807) is 6.07 Å². The van der Waals surface area contributed by atoms with Gasteiger partial charge < -0.3 is 4.42 Å². The minimum Gasteiger partial charge on any atom is -0.457 e. The SMILES string of the molecule is O=C1NC(=O)N(c2ccc(Cl)cc2)C(=O)C1=Cc1ccc(-c2ccc([N+](=O)[O-])cc2)o1. The van der Waals surface area contributed by atoms with Gasteiger partial charge in [0.25, 0.3) is 17.5 Å². The van der Waals surface area contributed by atoms with Gasteiger partial charge in [0.15, 0.2) is 0 Å². The number of barbiturate groups is 1. The van der Waals surface area contributed by atoms with Crippen LogP contribution in [0.25, 0.3) is 17.4 Å². The van der Waals surface area contributed by atoms with Crippen LogP contribution in [0.15, 0.2) is 70.7 Å². The van der Waals surface area contributed by atoms with Crippen molar-refractivity contribution in [2.75, 3.05) is 4.90 Å². The average molecular weight is 438 g/mol. The predicted octanol–water partition coefficient (Wildman–Crippen LogP) is 4.17. The topological polar surface area (TPSA) is 123 Å². The number of nitro benzene ring substituents is 1. The maximum absolute atomic E-state index is 12.9. The molecule has 9 nitrogen and oxygen atoms in total. The summed E-state index contributed by atoms with van der Waals surface area (Å²) in [4.78, 5) is 48.4. The maximum atomic E-state index is 12.9. The molecule has 1 N–H and O–H groups in total. The van der Waals surface area contributed by atoms with Gasteiger partial charge in [0.1, 0.15) is 17.1 Å². The minimum absolute atomic E-state index is 0.0610. The second-order valence-electron chi connectivity index (χ2n) is 6.44. The number of nitrogens with zero attached hydrogens (tertiary/aromatic N) is 2. The molecule has 4 amide bonds. The third-order valence-corrected chi connectivity index (χ3v) is 4.71. The van der Waals surface area contributed by atoms with Crippen molar-refractivity contribution in [3.8, 4) is 11.3 Å². The number of nitro groups is 1. The molecule has 1 fully saturated rings. The second kappa shape index (κ2) is 7.88. The summed E-state index contributed by atoms with van der Waals surface area (Å²) in [5.74, 6) is -1.09. The highest BCUT2D eigenvalue weighted by Crippen LogP contribution is 2.27. The minimum atomic E-state index is -0.875. The Morgan fingerprint density at radius 1 is 0.968 bits per heavy atom. The van der Waals surface area contributed by atoms with Crippen LogP contribution >= 0.6 is 11.6 Å². The summed E-state index contributed by atoms with van der Waals surface area (Å²) < 4.78 is 5.65. The molecule has 4 rings (SSSR count). The molecule has 1 aromatic heterocycles.